The Hall–Kier alpha value is -0.880. The molecule has 0 aliphatic carbocycles. The van der Waals surface area contributed by atoms with Crippen LogP contribution in [0.3, 0.4) is 0 Å². The zero-order valence-corrected chi connectivity index (χ0v) is 10.3. The molecular weight excluding hydrogens is 257 g/mol. The predicted octanol–water partition coefficient (Wildman–Crippen LogP) is 3.22. The molecule has 0 atom stereocenters. The van der Waals surface area contributed by atoms with Crippen LogP contribution in [0.25, 0.3) is 0 Å². The van der Waals surface area contributed by atoms with Gasteiger partial charge in [0.2, 0.25) is 0 Å². The van der Waals surface area contributed by atoms with Crippen molar-refractivity contribution in [3.63, 3.8) is 0 Å². The van der Waals surface area contributed by atoms with Crippen molar-refractivity contribution < 1.29 is 26.7 Å². The Balaban J connectivity index is 2.83. The van der Waals surface area contributed by atoms with E-state index in [1.807, 2.05) is 13.8 Å². The Morgan fingerprint density at radius 2 is 1.67 bits per heavy atom. The molecule has 1 aliphatic heterocycles. The summed E-state index contributed by atoms with van der Waals surface area (Å²) in [6.45, 7) is 3.63. The Morgan fingerprint density at radius 1 is 1.17 bits per heavy atom. The lowest BCUT2D eigenvalue weighted by Crippen LogP contribution is -2.51. The Kier molecular flexibility index (Phi) is 3.93. The molecule has 2 nitrogen and oxygen atoms in total. The van der Waals surface area contributed by atoms with Gasteiger partial charge in [-0.3, -0.25) is 4.79 Å². The summed E-state index contributed by atoms with van der Waals surface area (Å²) in [6.07, 6.45) is -4.04. The van der Waals surface area contributed by atoms with Crippen LogP contribution >= 0.6 is 0 Å². The number of amides is 1. The first-order chi connectivity index (χ1) is 8.09. The molecule has 7 heteroatoms. The highest BCUT2D eigenvalue weighted by molar-refractivity contribution is 5.84. The average Bonchev–Trinajstić information content (AvgIpc) is 2.71. The second-order valence-corrected chi connectivity index (χ2v) is 4.76. The van der Waals surface area contributed by atoms with Crippen LogP contribution in [0.5, 0.6) is 0 Å². The molecule has 0 saturated carbocycles. The Bertz CT molecular complexity index is 322. The highest BCUT2D eigenvalue weighted by atomic mass is 19.4. The predicted molar refractivity (Wildman–Crippen MR) is 55.2 cm³/mol. The van der Waals surface area contributed by atoms with Crippen molar-refractivity contribution in [3.05, 3.63) is 0 Å². The second-order valence-electron chi connectivity index (χ2n) is 4.76. The van der Waals surface area contributed by atoms with Crippen molar-refractivity contribution in [2.24, 2.45) is 5.41 Å². The lowest BCUT2D eigenvalue weighted by atomic mass is 9.82. The van der Waals surface area contributed by atoms with E-state index < -0.39 is 18.0 Å². The van der Waals surface area contributed by atoms with Crippen LogP contribution in [0, 0.1) is 5.41 Å². The minimum atomic E-state index is -5.83. The summed E-state index contributed by atoms with van der Waals surface area (Å²) in [7, 11) is 0. The molecule has 1 fully saturated rings. The van der Waals surface area contributed by atoms with Gasteiger partial charge in [-0.15, -0.1) is 0 Å². The molecule has 1 rings (SSSR count). The molecule has 0 bridgehead atoms. The van der Waals surface area contributed by atoms with Crippen LogP contribution in [0.2, 0.25) is 0 Å². The highest BCUT2D eigenvalue weighted by Gasteiger charge is 2.65. The van der Waals surface area contributed by atoms with Gasteiger partial charge in [0.25, 0.3) is 0 Å². The van der Waals surface area contributed by atoms with Crippen molar-refractivity contribution in [2.45, 2.75) is 45.2 Å². The van der Waals surface area contributed by atoms with Crippen LogP contribution in [0.4, 0.5) is 22.0 Å². The SMILES string of the molecule is CCC1(CC)CCN(C(=O)C(F)(F)C(F)(F)F)C1. The third-order valence-electron chi connectivity index (χ3n) is 3.85. The number of hydrogen-bond donors (Lipinski definition) is 0. The summed E-state index contributed by atoms with van der Waals surface area (Å²) < 4.78 is 62.1. The third-order valence-corrected chi connectivity index (χ3v) is 3.85. The standard InChI is InChI=1S/C11H16F5NO/c1-3-9(4-2)5-6-17(7-9)8(18)10(12,13)11(14,15)16/h3-7H2,1-2H3. The lowest BCUT2D eigenvalue weighted by Gasteiger charge is -2.28. The largest absolute Gasteiger partial charge is 0.463 e. The molecule has 18 heavy (non-hydrogen) atoms. The van der Waals surface area contributed by atoms with Gasteiger partial charge in [-0.2, -0.15) is 22.0 Å². The van der Waals surface area contributed by atoms with Crippen LogP contribution in [0.1, 0.15) is 33.1 Å². The van der Waals surface area contributed by atoms with Crippen molar-refractivity contribution >= 4 is 5.91 Å². The monoisotopic (exact) mass is 273 g/mol. The molecule has 106 valence electrons. The number of carbonyl (C=O) groups excluding carboxylic acids is 1. The lowest BCUT2D eigenvalue weighted by molar-refractivity contribution is -0.274. The fourth-order valence-corrected chi connectivity index (χ4v) is 2.26. The Morgan fingerprint density at radius 3 is 2.00 bits per heavy atom. The van der Waals surface area contributed by atoms with Gasteiger partial charge >= 0.3 is 18.0 Å². The number of carbonyl (C=O) groups is 1. The van der Waals surface area contributed by atoms with E-state index >= 15 is 0 Å². The maximum atomic E-state index is 12.9. The molecule has 1 heterocycles. The number of alkyl halides is 5. The maximum Gasteiger partial charge on any atom is 0.463 e. The smallest absolute Gasteiger partial charge is 0.337 e. The van der Waals surface area contributed by atoms with Crippen molar-refractivity contribution in [1.29, 1.82) is 0 Å². The van der Waals surface area contributed by atoms with E-state index in [1.54, 1.807) is 0 Å². The van der Waals surface area contributed by atoms with E-state index in [0.29, 0.717) is 24.2 Å². The van der Waals surface area contributed by atoms with E-state index in [4.69, 9.17) is 0 Å². The molecule has 0 aromatic carbocycles. The van der Waals surface area contributed by atoms with Gasteiger partial charge in [0.05, 0.1) is 0 Å². The first-order valence-corrected chi connectivity index (χ1v) is 5.83. The summed E-state index contributed by atoms with van der Waals surface area (Å²) in [4.78, 5) is 11.9. The van der Waals surface area contributed by atoms with Gasteiger partial charge in [-0.1, -0.05) is 13.8 Å². The summed E-state index contributed by atoms with van der Waals surface area (Å²) in [6, 6.07) is 0. The van der Waals surface area contributed by atoms with Gasteiger partial charge < -0.3 is 4.90 Å². The molecule has 0 aromatic heterocycles. The van der Waals surface area contributed by atoms with Gasteiger partial charge in [-0.25, -0.2) is 0 Å². The summed E-state index contributed by atoms with van der Waals surface area (Å²) in [5, 5.41) is 0. The molecule has 0 spiro atoms. The quantitative estimate of drug-likeness (QED) is 0.723. The molecule has 0 radical (unpaired) electrons. The van der Waals surface area contributed by atoms with E-state index in [1.165, 1.54) is 0 Å². The molecule has 1 aliphatic rings. The number of rotatable bonds is 3. The molecule has 0 N–H and O–H groups in total. The van der Waals surface area contributed by atoms with Crippen molar-refractivity contribution in [2.75, 3.05) is 13.1 Å². The average molecular weight is 273 g/mol. The van der Waals surface area contributed by atoms with Crippen LogP contribution in [-0.2, 0) is 4.79 Å². The topological polar surface area (TPSA) is 20.3 Å². The van der Waals surface area contributed by atoms with Gasteiger partial charge in [0.1, 0.15) is 0 Å². The van der Waals surface area contributed by atoms with E-state index in [-0.39, 0.29) is 18.5 Å². The van der Waals surface area contributed by atoms with Gasteiger partial charge in [-0.05, 0) is 24.7 Å². The van der Waals surface area contributed by atoms with Gasteiger partial charge in [0.15, 0.2) is 0 Å². The number of nitrogens with zero attached hydrogens (tertiary/aromatic N) is 1. The number of hydrogen-bond acceptors (Lipinski definition) is 1. The highest BCUT2D eigenvalue weighted by Crippen LogP contribution is 2.41. The maximum absolute atomic E-state index is 12.9. The van der Waals surface area contributed by atoms with Crippen molar-refractivity contribution in [1.82, 2.24) is 4.90 Å². The minimum Gasteiger partial charge on any atom is -0.337 e. The normalized spacial score (nSPS) is 20.3. The molecular formula is C11H16F5NO. The minimum absolute atomic E-state index is 0.0233. The van der Waals surface area contributed by atoms with Gasteiger partial charge in [0, 0.05) is 13.1 Å². The molecule has 0 unspecified atom stereocenters. The van der Waals surface area contributed by atoms with Crippen LogP contribution in [-0.4, -0.2) is 36.0 Å². The number of likely N-dealkylation sites (tertiary alicyclic amines) is 1. The molecule has 1 amide bonds. The Labute approximate surface area is 102 Å². The summed E-state index contributed by atoms with van der Waals surface area (Å²) in [5.74, 6) is -7.41. The third kappa shape index (κ3) is 2.44. The van der Waals surface area contributed by atoms with Crippen LogP contribution in [0.15, 0.2) is 0 Å². The molecule has 1 saturated heterocycles. The second kappa shape index (κ2) is 4.66. The van der Waals surface area contributed by atoms with Crippen LogP contribution < -0.4 is 0 Å². The van der Waals surface area contributed by atoms with E-state index in [0.717, 1.165) is 0 Å². The summed E-state index contributed by atoms with van der Waals surface area (Å²) in [5.41, 5.74) is -0.322. The number of halogens is 5. The fourth-order valence-electron chi connectivity index (χ4n) is 2.26. The first-order valence-electron chi connectivity index (χ1n) is 5.83. The van der Waals surface area contributed by atoms with Crippen molar-refractivity contribution in [3.8, 4) is 0 Å². The summed E-state index contributed by atoms with van der Waals surface area (Å²) >= 11 is 0. The zero-order chi connectivity index (χ0) is 14.2. The fraction of sp³-hybridized carbons (Fsp3) is 0.909. The zero-order valence-electron chi connectivity index (χ0n) is 10.3. The molecule has 0 aromatic rings. The first kappa shape index (κ1) is 15.2. The van der Waals surface area contributed by atoms with E-state index in [9.17, 15) is 26.7 Å². The van der Waals surface area contributed by atoms with E-state index in [2.05, 4.69) is 0 Å².